The Morgan fingerprint density at radius 2 is 1.91 bits per heavy atom. The van der Waals surface area contributed by atoms with Crippen molar-refractivity contribution in [2.24, 2.45) is 11.8 Å². The predicted molar refractivity (Wildman–Crippen MR) is 107 cm³/mol. The summed E-state index contributed by atoms with van der Waals surface area (Å²) in [5, 5.41) is 11.6. The summed E-state index contributed by atoms with van der Waals surface area (Å²) < 4.78 is 51.9. The summed E-state index contributed by atoms with van der Waals surface area (Å²) in [5.74, 6) is -3.38. The highest BCUT2D eigenvalue weighted by atomic mass is 19.4. The molecule has 0 unspecified atom stereocenters. The van der Waals surface area contributed by atoms with E-state index in [0.717, 1.165) is 17.0 Å². The van der Waals surface area contributed by atoms with Crippen molar-refractivity contribution in [2.75, 3.05) is 4.90 Å². The fourth-order valence-electron chi connectivity index (χ4n) is 5.31. The van der Waals surface area contributed by atoms with E-state index in [2.05, 4.69) is 5.32 Å². The Bertz CT molecular complexity index is 1100. The number of halogens is 3. The number of alkyl halides is 3. The van der Waals surface area contributed by atoms with Crippen LogP contribution >= 0.6 is 0 Å². The van der Waals surface area contributed by atoms with E-state index in [1.165, 1.54) is 6.07 Å². The summed E-state index contributed by atoms with van der Waals surface area (Å²) in [5.41, 5.74) is -4.58. The molecule has 1 N–H and O–H groups in total. The molecule has 3 saturated heterocycles. The van der Waals surface area contributed by atoms with Gasteiger partial charge in [0.25, 0.3) is 0 Å². The normalized spacial score (nSPS) is 32.8. The first kappa shape index (κ1) is 23.0. The number of anilines is 1. The molecule has 4 rings (SSSR count). The average Bonchev–Trinajstić information content (AvgIpc) is 3.21. The van der Waals surface area contributed by atoms with E-state index in [0.29, 0.717) is 6.07 Å². The second-order valence-electron chi connectivity index (χ2n) is 9.30. The summed E-state index contributed by atoms with van der Waals surface area (Å²) in [6, 6.07) is 4.00. The Morgan fingerprint density at radius 1 is 1.27 bits per heavy atom. The first-order chi connectivity index (χ1) is 15.2. The largest absolute Gasteiger partial charge is 0.443 e. The van der Waals surface area contributed by atoms with Gasteiger partial charge in [0.05, 0.1) is 40.3 Å². The number of nitrogens with zero attached hydrogens (tertiary/aromatic N) is 2. The van der Waals surface area contributed by atoms with Gasteiger partial charge in [0.2, 0.25) is 11.8 Å². The minimum absolute atomic E-state index is 0.157. The number of hydrogen-bond donors (Lipinski definition) is 1. The predicted octanol–water partition coefficient (Wildman–Crippen LogP) is 3.14. The maximum absolute atomic E-state index is 13.4. The van der Waals surface area contributed by atoms with E-state index in [-0.39, 0.29) is 18.2 Å². The lowest BCUT2D eigenvalue weighted by Crippen LogP contribution is -2.52. The van der Waals surface area contributed by atoms with Crippen LogP contribution in [0, 0.1) is 23.2 Å². The van der Waals surface area contributed by atoms with Gasteiger partial charge in [-0.3, -0.25) is 9.59 Å². The Morgan fingerprint density at radius 3 is 2.48 bits per heavy atom. The van der Waals surface area contributed by atoms with Crippen LogP contribution in [0.5, 0.6) is 0 Å². The fourth-order valence-corrected chi connectivity index (χ4v) is 5.31. The van der Waals surface area contributed by atoms with Crippen molar-refractivity contribution in [1.82, 2.24) is 5.32 Å². The van der Waals surface area contributed by atoms with Crippen LogP contribution in [0.25, 0.3) is 0 Å². The zero-order valence-corrected chi connectivity index (χ0v) is 18.3. The summed E-state index contributed by atoms with van der Waals surface area (Å²) in [7, 11) is 0. The van der Waals surface area contributed by atoms with Gasteiger partial charge in [-0.15, -0.1) is 0 Å². The van der Waals surface area contributed by atoms with Gasteiger partial charge in [-0.2, -0.15) is 18.4 Å². The highest BCUT2D eigenvalue weighted by molar-refractivity contribution is 6.23. The molecule has 1 aromatic rings. The average molecular weight is 465 g/mol. The van der Waals surface area contributed by atoms with Crippen LogP contribution in [0.15, 0.2) is 18.2 Å². The number of carbonyl (C=O) groups excluding carboxylic acids is 3. The minimum atomic E-state index is -4.84. The monoisotopic (exact) mass is 465 g/mol. The molecule has 8 nitrogen and oxygen atoms in total. The summed E-state index contributed by atoms with van der Waals surface area (Å²) in [4.78, 5) is 39.6. The topological polar surface area (TPSA) is 109 Å². The Labute approximate surface area is 187 Å². The number of ether oxygens (including phenoxy) is 2. The van der Waals surface area contributed by atoms with Crippen LogP contribution in [0.4, 0.5) is 23.7 Å². The number of nitrogens with one attached hydrogen (secondary N) is 1. The third-order valence-corrected chi connectivity index (χ3v) is 6.61. The van der Waals surface area contributed by atoms with E-state index in [1.807, 2.05) is 0 Å². The van der Waals surface area contributed by atoms with E-state index in [4.69, 9.17) is 14.7 Å². The number of rotatable bonds is 3. The molecular formula is C22H22F3N3O5. The molecule has 0 radical (unpaired) electrons. The van der Waals surface area contributed by atoms with Crippen molar-refractivity contribution < 1.29 is 37.0 Å². The van der Waals surface area contributed by atoms with Crippen LogP contribution in [0.3, 0.4) is 0 Å². The maximum Gasteiger partial charge on any atom is 0.417 e. The third kappa shape index (κ3) is 3.35. The van der Waals surface area contributed by atoms with E-state index in [9.17, 15) is 27.6 Å². The smallest absolute Gasteiger partial charge is 0.417 e. The first-order valence-corrected chi connectivity index (χ1v) is 10.4. The van der Waals surface area contributed by atoms with Crippen molar-refractivity contribution in [3.8, 4) is 6.07 Å². The molecule has 0 spiro atoms. The molecule has 176 valence electrons. The van der Waals surface area contributed by atoms with E-state index in [1.54, 1.807) is 27.7 Å². The van der Waals surface area contributed by atoms with Crippen LogP contribution in [-0.2, 0) is 25.2 Å². The zero-order chi connectivity index (χ0) is 24.5. The van der Waals surface area contributed by atoms with Crippen molar-refractivity contribution in [3.63, 3.8) is 0 Å². The van der Waals surface area contributed by atoms with Crippen molar-refractivity contribution in [3.05, 3.63) is 29.3 Å². The van der Waals surface area contributed by atoms with Gasteiger partial charge in [0.1, 0.15) is 11.7 Å². The number of carbonyl (C=O) groups is 3. The summed E-state index contributed by atoms with van der Waals surface area (Å²) in [6.45, 7) is 6.71. The van der Waals surface area contributed by atoms with Crippen molar-refractivity contribution in [1.29, 1.82) is 5.26 Å². The molecule has 33 heavy (non-hydrogen) atoms. The van der Waals surface area contributed by atoms with Crippen LogP contribution in [0.1, 0.15) is 45.2 Å². The highest BCUT2D eigenvalue weighted by Gasteiger charge is 2.77. The summed E-state index contributed by atoms with van der Waals surface area (Å²) in [6.07, 6.45) is -6.20. The molecule has 3 amide bonds. The summed E-state index contributed by atoms with van der Waals surface area (Å²) >= 11 is 0. The van der Waals surface area contributed by atoms with Gasteiger partial charge in [0.15, 0.2) is 0 Å². The number of alkyl carbamates (subject to hydrolysis) is 1. The number of amides is 3. The van der Waals surface area contributed by atoms with Gasteiger partial charge in [-0.05, 0) is 45.9 Å². The minimum Gasteiger partial charge on any atom is -0.443 e. The van der Waals surface area contributed by atoms with Crippen LogP contribution < -0.4 is 10.2 Å². The number of imide groups is 1. The number of fused-ring (bicyclic) bond motifs is 5. The van der Waals surface area contributed by atoms with Crippen LogP contribution in [-0.4, -0.2) is 41.3 Å². The molecule has 5 atom stereocenters. The lowest BCUT2D eigenvalue weighted by Gasteiger charge is -2.34. The molecule has 0 aromatic heterocycles. The molecule has 1 aromatic carbocycles. The SMILES string of the molecule is CC(C)NC(=O)O[C@@H]1C[C@@]2(C)O[C@@]1(C)[C@@H]1C(=O)N(c3ccc(C#N)c(C(F)(F)F)c3)C(=O)[C@@H]12. The lowest BCUT2D eigenvalue weighted by molar-refractivity contribution is -0.138. The molecular weight excluding hydrogens is 443 g/mol. The molecule has 0 aliphatic carbocycles. The number of benzene rings is 1. The van der Waals surface area contributed by atoms with Crippen LogP contribution in [0.2, 0.25) is 0 Å². The quantitative estimate of drug-likeness (QED) is 0.687. The first-order valence-electron chi connectivity index (χ1n) is 10.4. The van der Waals surface area contributed by atoms with Gasteiger partial charge < -0.3 is 14.8 Å². The van der Waals surface area contributed by atoms with Gasteiger partial charge in [-0.25, -0.2) is 9.69 Å². The van der Waals surface area contributed by atoms with E-state index >= 15 is 0 Å². The van der Waals surface area contributed by atoms with Crippen molar-refractivity contribution in [2.45, 2.75) is 63.6 Å². The lowest BCUT2D eigenvalue weighted by atomic mass is 9.67. The Balaban J connectivity index is 1.70. The number of nitriles is 1. The molecule has 3 aliphatic heterocycles. The standard InChI is InChI=1S/C22H22F3N3O5/c1-10(2)27-19(31)32-14-8-20(3)15-16(21(14,4)33-20)18(30)28(17(15)29)12-6-5-11(9-26)13(7-12)22(23,24)25/h5-7,10,14-16H,8H2,1-4H3,(H,27,31)/t14-,15-,16+,20-,21-/m1/s1. The second-order valence-corrected chi connectivity index (χ2v) is 9.30. The molecule has 0 saturated carbocycles. The van der Waals surface area contributed by atoms with E-state index < -0.39 is 64.4 Å². The highest BCUT2D eigenvalue weighted by Crippen LogP contribution is 2.61. The zero-order valence-electron chi connectivity index (χ0n) is 18.3. The molecule has 3 aliphatic rings. The van der Waals surface area contributed by atoms with Gasteiger partial charge in [-0.1, -0.05) is 0 Å². The van der Waals surface area contributed by atoms with Crippen molar-refractivity contribution >= 4 is 23.6 Å². The third-order valence-electron chi connectivity index (χ3n) is 6.61. The Kier molecular flexibility index (Phi) is 5.02. The molecule has 2 bridgehead atoms. The molecule has 3 fully saturated rings. The second kappa shape index (κ2) is 7.18. The fraction of sp³-hybridized carbons (Fsp3) is 0.545. The molecule has 3 heterocycles. The maximum atomic E-state index is 13.4. The van der Waals surface area contributed by atoms with Gasteiger partial charge >= 0.3 is 12.3 Å². The Hall–Kier alpha value is -3.13. The van der Waals surface area contributed by atoms with Gasteiger partial charge in [0, 0.05) is 12.5 Å². The molecule has 11 heteroatoms. The number of hydrogen-bond acceptors (Lipinski definition) is 6.